The lowest BCUT2D eigenvalue weighted by Gasteiger charge is -2.35. The number of carbonyl (C=O) groups excluding carboxylic acids is 2. The number of hydrogen-bond donors (Lipinski definition) is 0. The van der Waals surface area contributed by atoms with Crippen molar-refractivity contribution >= 4 is 23.6 Å². The van der Waals surface area contributed by atoms with E-state index in [2.05, 4.69) is 0 Å². The minimum Gasteiger partial charge on any atom is -0.490 e. The minimum absolute atomic E-state index is 0.0119. The predicted molar refractivity (Wildman–Crippen MR) is 99.6 cm³/mol. The molecule has 0 N–H and O–H groups in total. The molecule has 2 heterocycles. The van der Waals surface area contributed by atoms with Crippen LogP contribution in [-0.2, 0) is 9.59 Å². The van der Waals surface area contributed by atoms with E-state index < -0.39 is 0 Å². The van der Waals surface area contributed by atoms with Gasteiger partial charge in [0.05, 0.1) is 24.7 Å². The molecule has 0 saturated heterocycles. The third-order valence-corrected chi connectivity index (χ3v) is 4.87. The van der Waals surface area contributed by atoms with Crippen LogP contribution in [0.4, 0.5) is 5.69 Å². The van der Waals surface area contributed by atoms with Gasteiger partial charge in [0.15, 0.2) is 0 Å². The van der Waals surface area contributed by atoms with Gasteiger partial charge in [-0.15, -0.1) is 0 Å². The van der Waals surface area contributed by atoms with Crippen LogP contribution < -0.4 is 9.64 Å². The maximum absolute atomic E-state index is 13.1. The maximum atomic E-state index is 13.1. The Labute approximate surface area is 152 Å². The van der Waals surface area contributed by atoms with Gasteiger partial charge < -0.3 is 14.5 Å². The predicted octanol–water partition coefficient (Wildman–Crippen LogP) is 3.38. The monoisotopic (exact) mass is 348 g/mol. The van der Waals surface area contributed by atoms with Crippen LogP contribution >= 0.6 is 0 Å². The van der Waals surface area contributed by atoms with Crippen LogP contribution in [0.2, 0.25) is 0 Å². The highest BCUT2D eigenvalue weighted by molar-refractivity contribution is 5.96. The second-order valence-corrected chi connectivity index (χ2v) is 6.45. The first-order chi connectivity index (χ1) is 12.6. The highest BCUT2D eigenvalue weighted by atomic mass is 16.5. The molecule has 2 aromatic rings. The Morgan fingerprint density at radius 2 is 1.88 bits per heavy atom. The summed E-state index contributed by atoms with van der Waals surface area (Å²) in [6.45, 7) is 2.51. The molecule has 0 saturated carbocycles. The average molecular weight is 348 g/mol. The van der Waals surface area contributed by atoms with Gasteiger partial charge in [-0.1, -0.05) is 36.4 Å². The molecule has 0 aromatic heterocycles. The van der Waals surface area contributed by atoms with E-state index in [0.717, 1.165) is 22.6 Å². The zero-order valence-electron chi connectivity index (χ0n) is 14.6. The summed E-state index contributed by atoms with van der Waals surface area (Å²) in [5.41, 5.74) is 2.84. The molecule has 0 aliphatic carbocycles. The molecule has 5 heteroatoms. The third-order valence-electron chi connectivity index (χ3n) is 4.87. The molecule has 132 valence electrons. The topological polar surface area (TPSA) is 49.9 Å². The first-order valence-electron chi connectivity index (χ1n) is 8.73. The normalized spacial score (nSPS) is 18.0. The summed E-state index contributed by atoms with van der Waals surface area (Å²) < 4.78 is 5.64. The molecule has 2 aromatic carbocycles. The maximum Gasteiger partial charge on any atom is 0.229 e. The number of nitrogens with zero attached hydrogens (tertiary/aromatic N) is 2. The Hall–Kier alpha value is -3.08. The highest BCUT2D eigenvalue weighted by Crippen LogP contribution is 2.36. The summed E-state index contributed by atoms with van der Waals surface area (Å²) >= 11 is 0. The minimum atomic E-state index is -0.295. The average Bonchev–Trinajstić information content (AvgIpc) is 2.67. The van der Waals surface area contributed by atoms with E-state index >= 15 is 0 Å². The van der Waals surface area contributed by atoms with Crippen LogP contribution in [0.3, 0.4) is 0 Å². The van der Waals surface area contributed by atoms with Crippen molar-refractivity contribution in [2.24, 2.45) is 0 Å². The van der Waals surface area contributed by atoms with Gasteiger partial charge >= 0.3 is 0 Å². The van der Waals surface area contributed by atoms with Crippen LogP contribution in [0.5, 0.6) is 5.75 Å². The van der Waals surface area contributed by atoms with Gasteiger partial charge in [0.2, 0.25) is 11.8 Å². The number of carbonyl (C=O) groups is 2. The van der Waals surface area contributed by atoms with Gasteiger partial charge in [-0.2, -0.15) is 0 Å². The second kappa shape index (κ2) is 6.67. The van der Waals surface area contributed by atoms with E-state index in [-0.39, 0.29) is 24.3 Å². The molecule has 2 aliphatic rings. The SMILES string of the molecule is CC(=O)N1C=Cc2ccccc2[C@H]1CC(=O)N1CCOc2ccccc21. The lowest BCUT2D eigenvalue weighted by atomic mass is 9.93. The number of amides is 2. The fraction of sp³-hybridized carbons (Fsp3) is 0.238. The second-order valence-electron chi connectivity index (χ2n) is 6.45. The van der Waals surface area contributed by atoms with Crippen molar-refractivity contribution in [3.8, 4) is 5.75 Å². The fourth-order valence-electron chi connectivity index (χ4n) is 3.62. The quantitative estimate of drug-likeness (QED) is 0.836. The molecule has 5 nitrogen and oxygen atoms in total. The smallest absolute Gasteiger partial charge is 0.229 e. The van der Waals surface area contributed by atoms with E-state index in [1.807, 2.05) is 54.6 Å². The molecular formula is C21H20N2O3. The molecule has 4 rings (SSSR count). The Morgan fingerprint density at radius 3 is 2.73 bits per heavy atom. The van der Waals surface area contributed by atoms with Gasteiger partial charge in [-0.3, -0.25) is 9.59 Å². The number of benzene rings is 2. The Bertz CT molecular complexity index is 890. The molecule has 0 spiro atoms. The van der Waals surface area contributed by atoms with Gasteiger partial charge in [-0.05, 0) is 29.3 Å². The number of rotatable bonds is 2. The molecule has 0 fully saturated rings. The van der Waals surface area contributed by atoms with Crippen molar-refractivity contribution in [2.45, 2.75) is 19.4 Å². The molecule has 0 radical (unpaired) electrons. The van der Waals surface area contributed by atoms with Crippen molar-refractivity contribution in [3.63, 3.8) is 0 Å². The number of anilines is 1. The molecule has 1 atom stereocenters. The highest BCUT2D eigenvalue weighted by Gasteiger charge is 2.31. The summed E-state index contributed by atoms with van der Waals surface area (Å²) in [7, 11) is 0. The van der Waals surface area contributed by atoms with Gasteiger partial charge in [0.1, 0.15) is 12.4 Å². The van der Waals surface area contributed by atoms with Gasteiger partial charge in [0.25, 0.3) is 0 Å². The largest absolute Gasteiger partial charge is 0.490 e. The van der Waals surface area contributed by atoms with Gasteiger partial charge in [-0.25, -0.2) is 0 Å². The lowest BCUT2D eigenvalue weighted by Crippen LogP contribution is -2.41. The van der Waals surface area contributed by atoms with Gasteiger partial charge in [0, 0.05) is 13.1 Å². The molecule has 2 amide bonds. The number of hydrogen-bond acceptors (Lipinski definition) is 3. The van der Waals surface area contributed by atoms with E-state index in [4.69, 9.17) is 4.74 Å². The summed E-state index contributed by atoms with van der Waals surface area (Å²) in [6.07, 6.45) is 3.92. The molecule has 2 aliphatic heterocycles. The molecule has 0 unspecified atom stereocenters. The Balaban J connectivity index is 1.64. The van der Waals surface area contributed by atoms with Crippen molar-refractivity contribution in [2.75, 3.05) is 18.1 Å². The molecule has 0 bridgehead atoms. The third kappa shape index (κ3) is 2.86. The van der Waals surface area contributed by atoms with Crippen LogP contribution in [0.15, 0.2) is 54.7 Å². The zero-order chi connectivity index (χ0) is 18.1. The molecule has 26 heavy (non-hydrogen) atoms. The van der Waals surface area contributed by atoms with E-state index in [0.29, 0.717) is 13.2 Å². The van der Waals surface area contributed by atoms with Crippen molar-refractivity contribution in [1.82, 2.24) is 4.90 Å². The number of ether oxygens (including phenoxy) is 1. The van der Waals surface area contributed by atoms with E-state index in [1.54, 1.807) is 16.0 Å². The Kier molecular flexibility index (Phi) is 4.21. The summed E-state index contributed by atoms with van der Waals surface area (Å²) in [4.78, 5) is 28.6. The number of para-hydroxylation sites is 2. The first-order valence-corrected chi connectivity index (χ1v) is 8.73. The zero-order valence-corrected chi connectivity index (χ0v) is 14.6. The number of fused-ring (bicyclic) bond motifs is 2. The van der Waals surface area contributed by atoms with Crippen LogP contribution in [0.1, 0.15) is 30.5 Å². The lowest BCUT2D eigenvalue weighted by molar-refractivity contribution is -0.129. The summed E-state index contributed by atoms with van der Waals surface area (Å²) in [6, 6.07) is 15.2. The van der Waals surface area contributed by atoms with Crippen LogP contribution in [0, 0.1) is 0 Å². The first kappa shape index (κ1) is 16.4. The van der Waals surface area contributed by atoms with Crippen LogP contribution in [0.25, 0.3) is 6.08 Å². The summed E-state index contributed by atoms with van der Waals surface area (Å²) in [5, 5.41) is 0. The standard InChI is InChI=1S/C21H20N2O3/c1-15(24)22-11-10-16-6-2-3-7-17(16)19(22)14-21(25)23-12-13-26-20-9-5-4-8-18(20)23/h2-11,19H,12-14H2,1H3/t19-/m1/s1. The van der Waals surface area contributed by atoms with E-state index in [9.17, 15) is 9.59 Å². The van der Waals surface area contributed by atoms with Crippen LogP contribution in [-0.4, -0.2) is 29.9 Å². The Morgan fingerprint density at radius 1 is 1.12 bits per heavy atom. The van der Waals surface area contributed by atoms with E-state index in [1.165, 1.54) is 6.92 Å². The van der Waals surface area contributed by atoms with Crippen molar-refractivity contribution in [1.29, 1.82) is 0 Å². The molecular weight excluding hydrogens is 328 g/mol. The summed E-state index contributed by atoms with van der Waals surface area (Å²) in [5.74, 6) is 0.637. The fourth-order valence-corrected chi connectivity index (χ4v) is 3.62. The van der Waals surface area contributed by atoms with Crippen molar-refractivity contribution in [3.05, 3.63) is 65.9 Å². The van der Waals surface area contributed by atoms with Crippen molar-refractivity contribution < 1.29 is 14.3 Å².